The van der Waals surface area contributed by atoms with Gasteiger partial charge in [0, 0.05) is 18.7 Å². The molecule has 1 fully saturated rings. The number of carbonyl (C=O) groups excluding carboxylic acids is 1. The average Bonchev–Trinajstić information content (AvgIpc) is 2.89. The average molecular weight is 532 g/mol. The standard InChI is InChI=1S/C26H27ClFN3O4S/c27-24-19-21(28)11-14-25(24)35-31(22-7-3-1-4-8-22)36(33,34)23-12-9-20(10-13-23)26(32)29-15-18-30-16-5-2-6-17-30/h1,3-4,7-14,19H,2,5-6,15-18H2,(H,29,32). The minimum absolute atomic E-state index is 0.0322. The summed E-state index contributed by atoms with van der Waals surface area (Å²) in [6, 6.07) is 17.2. The van der Waals surface area contributed by atoms with Crippen molar-refractivity contribution in [2.75, 3.05) is 30.6 Å². The Labute approximate surface area is 215 Å². The van der Waals surface area contributed by atoms with Gasteiger partial charge in [0.25, 0.3) is 15.9 Å². The summed E-state index contributed by atoms with van der Waals surface area (Å²) in [6.45, 7) is 3.40. The largest absolute Gasteiger partial charge is 0.363 e. The van der Waals surface area contributed by atoms with E-state index in [0.717, 1.165) is 36.2 Å². The smallest absolute Gasteiger partial charge is 0.295 e. The zero-order chi connectivity index (χ0) is 25.5. The Morgan fingerprint density at radius 2 is 1.69 bits per heavy atom. The van der Waals surface area contributed by atoms with Crippen molar-refractivity contribution in [3.05, 3.63) is 89.2 Å². The van der Waals surface area contributed by atoms with Gasteiger partial charge >= 0.3 is 0 Å². The van der Waals surface area contributed by atoms with Crippen LogP contribution in [0.15, 0.2) is 77.7 Å². The topological polar surface area (TPSA) is 79.0 Å². The number of carbonyl (C=O) groups is 1. The number of rotatable bonds is 9. The van der Waals surface area contributed by atoms with Crippen LogP contribution in [0.2, 0.25) is 5.02 Å². The lowest BCUT2D eigenvalue weighted by Gasteiger charge is -2.26. The van der Waals surface area contributed by atoms with E-state index in [2.05, 4.69) is 10.2 Å². The van der Waals surface area contributed by atoms with Crippen molar-refractivity contribution < 1.29 is 22.4 Å². The number of sulfonamides is 1. The minimum atomic E-state index is -4.23. The van der Waals surface area contributed by atoms with Crippen LogP contribution in [-0.2, 0) is 10.0 Å². The van der Waals surface area contributed by atoms with Gasteiger partial charge in [-0.1, -0.05) is 40.7 Å². The number of para-hydroxylation sites is 1. The quantitative estimate of drug-likeness (QED) is 0.398. The molecule has 1 amide bonds. The van der Waals surface area contributed by atoms with E-state index in [1.165, 1.54) is 49.6 Å². The van der Waals surface area contributed by atoms with Gasteiger partial charge in [0.05, 0.1) is 15.6 Å². The van der Waals surface area contributed by atoms with Crippen LogP contribution < -0.4 is 14.6 Å². The number of nitrogens with zero attached hydrogens (tertiary/aromatic N) is 2. The van der Waals surface area contributed by atoms with Crippen molar-refractivity contribution in [2.45, 2.75) is 24.2 Å². The summed E-state index contributed by atoms with van der Waals surface area (Å²) in [5.74, 6) is -0.883. The summed E-state index contributed by atoms with van der Waals surface area (Å²) < 4.78 is 41.2. The summed E-state index contributed by atoms with van der Waals surface area (Å²) in [5.41, 5.74) is 0.568. The van der Waals surface area contributed by atoms with Crippen LogP contribution in [0, 0.1) is 5.82 Å². The lowest BCUT2D eigenvalue weighted by molar-refractivity contribution is 0.0946. The van der Waals surface area contributed by atoms with E-state index in [-0.39, 0.29) is 27.3 Å². The van der Waals surface area contributed by atoms with Gasteiger partial charge < -0.3 is 15.1 Å². The van der Waals surface area contributed by atoms with E-state index in [4.69, 9.17) is 16.4 Å². The second kappa shape index (κ2) is 11.7. The van der Waals surface area contributed by atoms with Gasteiger partial charge in [-0.3, -0.25) is 4.79 Å². The Bertz CT molecular complexity index is 1280. The third-order valence-electron chi connectivity index (χ3n) is 5.84. The first kappa shape index (κ1) is 25.9. The van der Waals surface area contributed by atoms with Gasteiger partial charge in [-0.2, -0.15) is 8.42 Å². The second-order valence-electron chi connectivity index (χ2n) is 8.42. The van der Waals surface area contributed by atoms with Gasteiger partial charge in [0.2, 0.25) is 0 Å². The van der Waals surface area contributed by atoms with Crippen molar-refractivity contribution >= 4 is 33.2 Å². The van der Waals surface area contributed by atoms with Crippen molar-refractivity contribution in [1.82, 2.24) is 10.2 Å². The van der Waals surface area contributed by atoms with E-state index in [9.17, 15) is 17.6 Å². The number of nitrogens with one attached hydrogen (secondary N) is 1. The van der Waals surface area contributed by atoms with Crippen molar-refractivity contribution in [3.8, 4) is 5.75 Å². The molecule has 190 valence electrons. The van der Waals surface area contributed by atoms with Crippen LogP contribution in [-0.4, -0.2) is 45.4 Å². The fourth-order valence-corrected chi connectivity index (χ4v) is 5.37. The number of anilines is 1. The summed E-state index contributed by atoms with van der Waals surface area (Å²) in [6.07, 6.45) is 3.61. The minimum Gasteiger partial charge on any atom is -0.363 e. The normalized spacial score (nSPS) is 14.3. The lowest BCUT2D eigenvalue weighted by atomic mass is 10.1. The molecular weight excluding hydrogens is 505 g/mol. The molecule has 0 unspecified atom stereocenters. The predicted octanol–water partition coefficient (Wildman–Crippen LogP) is 4.88. The predicted molar refractivity (Wildman–Crippen MR) is 137 cm³/mol. The number of hydrogen-bond donors (Lipinski definition) is 1. The molecule has 1 heterocycles. The van der Waals surface area contributed by atoms with Crippen LogP contribution in [0.3, 0.4) is 0 Å². The second-order valence-corrected chi connectivity index (χ2v) is 10.6. The highest BCUT2D eigenvalue weighted by molar-refractivity contribution is 7.92. The molecule has 1 aliphatic rings. The van der Waals surface area contributed by atoms with Crippen LogP contribution in [0.1, 0.15) is 29.6 Å². The van der Waals surface area contributed by atoms with E-state index < -0.39 is 15.8 Å². The third kappa shape index (κ3) is 6.34. The molecular formula is C26H27ClFN3O4S. The Morgan fingerprint density at radius 3 is 2.36 bits per heavy atom. The maximum atomic E-state index is 13.5. The molecule has 0 bridgehead atoms. The van der Waals surface area contributed by atoms with Gasteiger partial charge in [-0.25, -0.2) is 4.39 Å². The van der Waals surface area contributed by atoms with E-state index in [0.29, 0.717) is 12.1 Å². The third-order valence-corrected chi connectivity index (χ3v) is 7.72. The fraction of sp³-hybridized carbons (Fsp3) is 0.269. The van der Waals surface area contributed by atoms with Gasteiger partial charge in [-0.15, -0.1) is 0 Å². The van der Waals surface area contributed by atoms with Gasteiger partial charge in [0.15, 0.2) is 5.75 Å². The van der Waals surface area contributed by atoms with Crippen LogP contribution in [0.5, 0.6) is 5.75 Å². The summed E-state index contributed by atoms with van der Waals surface area (Å²) in [7, 11) is -4.23. The van der Waals surface area contributed by atoms with Crippen molar-refractivity contribution in [3.63, 3.8) is 0 Å². The molecule has 4 rings (SSSR count). The van der Waals surface area contributed by atoms with Crippen LogP contribution in [0.4, 0.5) is 10.1 Å². The summed E-state index contributed by atoms with van der Waals surface area (Å²) in [4.78, 5) is 20.4. The van der Waals surface area contributed by atoms with Crippen molar-refractivity contribution in [2.24, 2.45) is 0 Å². The number of hydrogen-bond acceptors (Lipinski definition) is 5. The maximum absolute atomic E-state index is 13.5. The van der Waals surface area contributed by atoms with Gasteiger partial charge in [-0.05, 0) is 80.5 Å². The Hall–Kier alpha value is -3.14. The fourth-order valence-electron chi connectivity index (χ4n) is 3.92. The van der Waals surface area contributed by atoms with Gasteiger partial charge in [0.1, 0.15) is 5.82 Å². The monoisotopic (exact) mass is 531 g/mol. The zero-order valence-electron chi connectivity index (χ0n) is 19.6. The number of amides is 1. The molecule has 1 aliphatic heterocycles. The zero-order valence-corrected chi connectivity index (χ0v) is 21.1. The molecule has 0 radical (unpaired) electrons. The first-order valence-electron chi connectivity index (χ1n) is 11.7. The van der Waals surface area contributed by atoms with E-state index in [1.54, 1.807) is 30.3 Å². The molecule has 0 aromatic heterocycles. The van der Waals surface area contributed by atoms with E-state index >= 15 is 0 Å². The molecule has 1 N–H and O–H groups in total. The molecule has 0 spiro atoms. The number of halogens is 2. The van der Waals surface area contributed by atoms with Crippen molar-refractivity contribution in [1.29, 1.82) is 0 Å². The molecule has 0 saturated carbocycles. The van der Waals surface area contributed by atoms with Crippen LogP contribution in [0.25, 0.3) is 0 Å². The lowest BCUT2D eigenvalue weighted by Crippen LogP contribution is -2.37. The molecule has 3 aromatic carbocycles. The molecule has 3 aromatic rings. The number of benzene rings is 3. The molecule has 0 aliphatic carbocycles. The Balaban J connectivity index is 1.50. The first-order valence-corrected chi connectivity index (χ1v) is 13.5. The maximum Gasteiger partial charge on any atom is 0.295 e. The summed E-state index contributed by atoms with van der Waals surface area (Å²) >= 11 is 6.07. The molecule has 10 heteroatoms. The molecule has 36 heavy (non-hydrogen) atoms. The molecule has 7 nitrogen and oxygen atoms in total. The highest BCUT2D eigenvalue weighted by Gasteiger charge is 2.28. The summed E-state index contributed by atoms with van der Waals surface area (Å²) in [5, 5.41) is 2.81. The molecule has 1 saturated heterocycles. The highest BCUT2D eigenvalue weighted by atomic mass is 35.5. The molecule has 0 atom stereocenters. The number of piperidine rings is 1. The van der Waals surface area contributed by atoms with Crippen LogP contribution >= 0.6 is 11.6 Å². The SMILES string of the molecule is O=C(NCCN1CCCCC1)c1ccc(S(=O)(=O)N(Oc2ccc(F)cc2Cl)c2ccccc2)cc1. The Kier molecular flexibility index (Phi) is 8.45. The van der Waals surface area contributed by atoms with E-state index in [1.807, 2.05) is 0 Å². The number of likely N-dealkylation sites (tertiary alicyclic amines) is 1. The Morgan fingerprint density at radius 1 is 1.00 bits per heavy atom. The first-order chi connectivity index (χ1) is 17.3. The highest BCUT2D eigenvalue weighted by Crippen LogP contribution is 2.31.